The molecule has 0 aliphatic carbocycles. The zero-order valence-corrected chi connectivity index (χ0v) is 14.5. The number of nitrogens with one attached hydrogen (secondary N) is 1. The summed E-state index contributed by atoms with van der Waals surface area (Å²) in [5.74, 6) is -0.370. The molecule has 0 aliphatic heterocycles. The van der Waals surface area contributed by atoms with Crippen molar-refractivity contribution in [3.8, 4) is 0 Å². The number of rotatable bonds is 6. The van der Waals surface area contributed by atoms with E-state index in [1.165, 1.54) is 6.07 Å². The second-order valence-electron chi connectivity index (χ2n) is 4.66. The summed E-state index contributed by atoms with van der Waals surface area (Å²) in [4.78, 5) is 12.2. The average molecular weight is 379 g/mol. The molecule has 0 bridgehead atoms. The Balaban J connectivity index is 3.08. The van der Waals surface area contributed by atoms with E-state index in [9.17, 15) is 13.2 Å². The first kappa shape index (κ1) is 18.1. The fourth-order valence-electron chi connectivity index (χ4n) is 1.82. The molecule has 1 unspecified atom stereocenters. The minimum atomic E-state index is -3.89. The second kappa shape index (κ2) is 7.35. The van der Waals surface area contributed by atoms with Crippen molar-refractivity contribution in [1.82, 2.24) is 5.32 Å². The first-order valence-corrected chi connectivity index (χ1v) is 8.72. The lowest BCUT2D eigenvalue weighted by atomic mass is 10.1. The van der Waals surface area contributed by atoms with Gasteiger partial charge in [-0.3, -0.25) is 4.79 Å². The summed E-state index contributed by atoms with van der Waals surface area (Å²) in [5.41, 5.74) is 0.582. The van der Waals surface area contributed by atoms with E-state index in [0.29, 0.717) is 23.2 Å². The van der Waals surface area contributed by atoms with Gasteiger partial charge in [0.15, 0.2) is 0 Å². The largest absolute Gasteiger partial charge is 0.380 e. The molecule has 1 aromatic carbocycles. The highest BCUT2D eigenvalue weighted by Crippen LogP contribution is 2.24. The van der Waals surface area contributed by atoms with Crippen molar-refractivity contribution < 1.29 is 17.9 Å². The summed E-state index contributed by atoms with van der Waals surface area (Å²) >= 11 is 3.19. The van der Waals surface area contributed by atoms with E-state index in [2.05, 4.69) is 21.2 Å². The number of halogens is 1. The van der Waals surface area contributed by atoms with Crippen molar-refractivity contribution >= 4 is 31.9 Å². The lowest BCUT2D eigenvalue weighted by molar-refractivity contribution is 0.0871. The van der Waals surface area contributed by atoms with Crippen LogP contribution < -0.4 is 10.5 Å². The molecule has 1 atom stereocenters. The van der Waals surface area contributed by atoms with Gasteiger partial charge in [-0.05, 0) is 38.5 Å². The van der Waals surface area contributed by atoms with Gasteiger partial charge in [-0.25, -0.2) is 13.6 Å². The summed E-state index contributed by atoms with van der Waals surface area (Å²) in [6, 6.07) is 2.76. The van der Waals surface area contributed by atoms with Crippen LogP contribution in [0.25, 0.3) is 0 Å². The molecule has 0 spiro atoms. The maximum absolute atomic E-state index is 12.2. The minimum Gasteiger partial charge on any atom is -0.380 e. The molecule has 6 nitrogen and oxygen atoms in total. The third kappa shape index (κ3) is 5.06. The Morgan fingerprint density at radius 2 is 2.10 bits per heavy atom. The molecule has 0 aromatic heterocycles. The summed E-state index contributed by atoms with van der Waals surface area (Å²) in [7, 11) is -3.89. The molecule has 8 heteroatoms. The number of amides is 1. The first-order valence-electron chi connectivity index (χ1n) is 6.38. The van der Waals surface area contributed by atoms with Crippen molar-refractivity contribution in [1.29, 1.82) is 0 Å². The van der Waals surface area contributed by atoms with E-state index in [0.717, 1.165) is 0 Å². The van der Waals surface area contributed by atoms with Crippen LogP contribution in [0.2, 0.25) is 0 Å². The Bertz CT molecular complexity index is 631. The number of primary sulfonamides is 1. The Morgan fingerprint density at radius 3 is 2.62 bits per heavy atom. The van der Waals surface area contributed by atoms with Gasteiger partial charge in [0.25, 0.3) is 5.91 Å². The number of sulfonamides is 1. The Labute approximate surface area is 133 Å². The number of hydrogen-bond donors (Lipinski definition) is 2. The fourth-order valence-corrected chi connectivity index (χ4v) is 3.26. The molecule has 1 amide bonds. The molecule has 0 aliphatic rings. The monoisotopic (exact) mass is 378 g/mol. The van der Waals surface area contributed by atoms with Gasteiger partial charge in [-0.1, -0.05) is 15.9 Å². The maximum atomic E-state index is 12.2. The standard InChI is InChI=1S/C13H19BrN2O4S/c1-4-20-7-8(2)16-13(17)11-5-10(14)6-12(9(11)3)21(15,18)19/h5-6,8H,4,7H2,1-3H3,(H,16,17)(H2,15,18,19). The van der Waals surface area contributed by atoms with Crippen LogP contribution in [0.5, 0.6) is 0 Å². The molecule has 0 saturated heterocycles. The third-order valence-electron chi connectivity index (χ3n) is 2.83. The number of benzene rings is 1. The number of carbonyl (C=O) groups is 1. The van der Waals surface area contributed by atoms with E-state index in [-0.39, 0.29) is 22.4 Å². The Morgan fingerprint density at radius 1 is 1.48 bits per heavy atom. The Hall–Kier alpha value is -0.960. The molecular formula is C13H19BrN2O4S. The summed E-state index contributed by atoms with van der Waals surface area (Å²) < 4.78 is 28.8. The highest BCUT2D eigenvalue weighted by atomic mass is 79.9. The van der Waals surface area contributed by atoms with Crippen molar-refractivity contribution in [3.05, 3.63) is 27.7 Å². The normalized spacial score (nSPS) is 13.0. The van der Waals surface area contributed by atoms with Gasteiger partial charge >= 0.3 is 0 Å². The van der Waals surface area contributed by atoms with Crippen molar-refractivity contribution in [3.63, 3.8) is 0 Å². The lowest BCUT2D eigenvalue weighted by Gasteiger charge is -2.16. The number of ether oxygens (including phenoxy) is 1. The van der Waals surface area contributed by atoms with Crippen LogP contribution in [0, 0.1) is 6.92 Å². The quantitative estimate of drug-likeness (QED) is 0.784. The van der Waals surface area contributed by atoms with E-state index in [4.69, 9.17) is 9.88 Å². The summed E-state index contributed by atoms with van der Waals surface area (Å²) in [6.07, 6.45) is 0. The molecule has 0 saturated carbocycles. The van der Waals surface area contributed by atoms with Crippen LogP contribution in [-0.4, -0.2) is 33.6 Å². The second-order valence-corrected chi connectivity index (χ2v) is 7.10. The molecule has 3 N–H and O–H groups in total. The van der Waals surface area contributed by atoms with Crippen LogP contribution >= 0.6 is 15.9 Å². The number of nitrogens with two attached hydrogens (primary N) is 1. The SMILES string of the molecule is CCOCC(C)NC(=O)c1cc(Br)cc(S(N)(=O)=O)c1C. The van der Waals surface area contributed by atoms with Crippen molar-refractivity contribution in [2.45, 2.75) is 31.7 Å². The highest BCUT2D eigenvalue weighted by molar-refractivity contribution is 9.10. The third-order valence-corrected chi connectivity index (χ3v) is 4.32. The topological polar surface area (TPSA) is 98.5 Å². The van der Waals surface area contributed by atoms with Gasteiger partial charge in [0.1, 0.15) is 0 Å². The fraction of sp³-hybridized carbons (Fsp3) is 0.462. The number of carbonyl (C=O) groups excluding carboxylic acids is 1. The highest BCUT2D eigenvalue weighted by Gasteiger charge is 2.20. The van der Waals surface area contributed by atoms with Crippen LogP contribution in [-0.2, 0) is 14.8 Å². The van der Waals surface area contributed by atoms with Gasteiger partial charge in [0.2, 0.25) is 10.0 Å². The zero-order chi connectivity index (χ0) is 16.2. The predicted octanol–water partition coefficient (Wildman–Crippen LogP) is 1.56. The molecule has 0 radical (unpaired) electrons. The van der Waals surface area contributed by atoms with E-state index < -0.39 is 10.0 Å². The predicted molar refractivity (Wildman–Crippen MR) is 83.7 cm³/mol. The smallest absolute Gasteiger partial charge is 0.251 e. The molecule has 1 aromatic rings. The minimum absolute atomic E-state index is 0.0699. The van der Waals surface area contributed by atoms with Gasteiger partial charge in [-0.2, -0.15) is 0 Å². The molecule has 118 valence electrons. The maximum Gasteiger partial charge on any atom is 0.251 e. The van der Waals surface area contributed by atoms with Crippen LogP contribution in [0.3, 0.4) is 0 Å². The molecular weight excluding hydrogens is 360 g/mol. The van der Waals surface area contributed by atoms with Crippen LogP contribution in [0.4, 0.5) is 0 Å². The lowest BCUT2D eigenvalue weighted by Crippen LogP contribution is -2.36. The summed E-state index contributed by atoms with van der Waals surface area (Å²) in [5, 5.41) is 7.92. The van der Waals surface area contributed by atoms with Gasteiger partial charge < -0.3 is 10.1 Å². The van der Waals surface area contributed by atoms with Crippen molar-refractivity contribution in [2.24, 2.45) is 5.14 Å². The van der Waals surface area contributed by atoms with Gasteiger partial charge in [0, 0.05) is 22.7 Å². The van der Waals surface area contributed by atoms with Crippen LogP contribution in [0.15, 0.2) is 21.5 Å². The van der Waals surface area contributed by atoms with E-state index >= 15 is 0 Å². The van der Waals surface area contributed by atoms with E-state index in [1.54, 1.807) is 13.0 Å². The van der Waals surface area contributed by atoms with E-state index in [1.807, 2.05) is 13.8 Å². The van der Waals surface area contributed by atoms with Crippen LogP contribution in [0.1, 0.15) is 29.8 Å². The first-order chi connectivity index (χ1) is 9.66. The number of hydrogen-bond acceptors (Lipinski definition) is 4. The average Bonchev–Trinajstić information content (AvgIpc) is 2.37. The molecule has 21 heavy (non-hydrogen) atoms. The van der Waals surface area contributed by atoms with Gasteiger partial charge in [-0.15, -0.1) is 0 Å². The Kier molecular flexibility index (Phi) is 6.33. The molecule has 0 fully saturated rings. The summed E-state index contributed by atoms with van der Waals surface area (Å²) in [6.45, 7) is 6.17. The zero-order valence-electron chi connectivity index (χ0n) is 12.1. The molecule has 1 rings (SSSR count). The molecule has 0 heterocycles. The van der Waals surface area contributed by atoms with Gasteiger partial charge in [0.05, 0.1) is 11.5 Å². The van der Waals surface area contributed by atoms with Crippen molar-refractivity contribution in [2.75, 3.05) is 13.2 Å².